The minimum atomic E-state index is 0.985. The van der Waals surface area contributed by atoms with Crippen LogP contribution in [-0.4, -0.2) is 5.75 Å². The molecule has 1 saturated carbocycles. The zero-order valence-electron chi connectivity index (χ0n) is 6.52. The molecule has 0 aromatic rings. The molecule has 0 bridgehead atoms. The van der Waals surface area contributed by atoms with Gasteiger partial charge in [0.2, 0.25) is 0 Å². The fourth-order valence-corrected chi connectivity index (χ4v) is 3.32. The lowest BCUT2D eigenvalue weighted by molar-refractivity contribution is 0.494. The average Bonchev–Trinajstić information content (AvgIpc) is 2.34. The maximum atomic E-state index is 2.30. The van der Waals surface area contributed by atoms with Gasteiger partial charge in [0.1, 0.15) is 0 Å². The van der Waals surface area contributed by atoms with Crippen LogP contribution in [0.25, 0.3) is 0 Å². The summed E-state index contributed by atoms with van der Waals surface area (Å²) in [5.74, 6) is 2.38. The van der Waals surface area contributed by atoms with Crippen LogP contribution in [0.3, 0.4) is 0 Å². The summed E-state index contributed by atoms with van der Waals surface area (Å²) >= 11 is 2.08. The lowest BCUT2D eigenvalue weighted by atomic mass is 9.86. The molecule has 1 aliphatic carbocycles. The van der Waals surface area contributed by atoms with Crippen LogP contribution in [0.15, 0.2) is 10.5 Å². The second-order valence-corrected chi connectivity index (χ2v) is 4.57. The van der Waals surface area contributed by atoms with E-state index in [9.17, 15) is 0 Å². The first kappa shape index (κ1) is 6.78. The number of fused-ring (bicyclic) bond motifs is 1. The van der Waals surface area contributed by atoms with Crippen molar-refractivity contribution < 1.29 is 0 Å². The minimum Gasteiger partial charge on any atom is -0.130 e. The highest BCUT2D eigenvalue weighted by atomic mass is 32.2. The van der Waals surface area contributed by atoms with Crippen LogP contribution in [-0.2, 0) is 0 Å². The monoisotopic (exact) mass is 154 g/mol. The van der Waals surface area contributed by atoms with Crippen molar-refractivity contribution in [1.82, 2.24) is 0 Å². The summed E-state index contributed by atoms with van der Waals surface area (Å²) < 4.78 is 0. The lowest BCUT2D eigenvalue weighted by Crippen LogP contribution is -2.08. The van der Waals surface area contributed by atoms with Crippen LogP contribution in [0.4, 0.5) is 0 Å². The van der Waals surface area contributed by atoms with Gasteiger partial charge in [-0.1, -0.05) is 12.0 Å². The Bertz CT molecular complexity index is 170. The van der Waals surface area contributed by atoms with E-state index in [1.165, 1.54) is 31.4 Å². The number of hydrogen-bond acceptors (Lipinski definition) is 1. The van der Waals surface area contributed by atoms with E-state index in [0.717, 1.165) is 5.92 Å². The molecule has 0 spiro atoms. The van der Waals surface area contributed by atoms with Gasteiger partial charge in [-0.15, -0.1) is 11.8 Å². The molecule has 0 radical (unpaired) electrons. The fourth-order valence-electron chi connectivity index (χ4n) is 2.05. The molecule has 1 heteroatoms. The summed E-state index contributed by atoms with van der Waals surface area (Å²) in [6.45, 7) is 2.30. The molecule has 0 N–H and O–H groups in total. The number of rotatable bonds is 0. The molecular weight excluding hydrogens is 140 g/mol. The van der Waals surface area contributed by atoms with Crippen LogP contribution in [0.5, 0.6) is 0 Å². The highest BCUT2D eigenvalue weighted by Gasteiger charge is 2.25. The first-order valence-electron chi connectivity index (χ1n) is 4.20. The van der Waals surface area contributed by atoms with E-state index in [2.05, 4.69) is 18.7 Å². The van der Waals surface area contributed by atoms with Crippen LogP contribution in [0, 0.1) is 5.92 Å². The number of thioether (sulfide) groups is 1. The van der Waals surface area contributed by atoms with Gasteiger partial charge in [0, 0.05) is 5.75 Å². The van der Waals surface area contributed by atoms with Gasteiger partial charge >= 0.3 is 0 Å². The van der Waals surface area contributed by atoms with E-state index in [0.29, 0.717) is 0 Å². The summed E-state index contributed by atoms with van der Waals surface area (Å²) in [5.41, 5.74) is 1.80. The highest BCUT2D eigenvalue weighted by molar-refractivity contribution is 8.03. The van der Waals surface area contributed by atoms with Crippen molar-refractivity contribution in [2.45, 2.75) is 32.6 Å². The maximum Gasteiger partial charge on any atom is 0.00428 e. The SMILES string of the molecule is CC1=C2CCCCC2CS1. The standard InChI is InChI=1S/C9H14S/c1-7-9-5-3-2-4-8(9)6-10-7/h8H,2-6H2,1H3. The fraction of sp³-hybridized carbons (Fsp3) is 0.778. The van der Waals surface area contributed by atoms with E-state index in [1.807, 2.05) is 0 Å². The van der Waals surface area contributed by atoms with E-state index < -0.39 is 0 Å². The second-order valence-electron chi connectivity index (χ2n) is 3.34. The van der Waals surface area contributed by atoms with Gasteiger partial charge in [0.05, 0.1) is 0 Å². The minimum absolute atomic E-state index is 0.985. The van der Waals surface area contributed by atoms with Crippen molar-refractivity contribution >= 4 is 11.8 Å². The molecule has 1 aliphatic heterocycles. The molecule has 1 fully saturated rings. The van der Waals surface area contributed by atoms with Crippen LogP contribution >= 0.6 is 11.8 Å². The molecule has 0 aromatic carbocycles. The Hall–Kier alpha value is 0.0900. The molecule has 1 atom stereocenters. The Morgan fingerprint density at radius 1 is 1.40 bits per heavy atom. The van der Waals surface area contributed by atoms with Crippen molar-refractivity contribution in [2.24, 2.45) is 5.92 Å². The normalized spacial score (nSPS) is 32.7. The quantitative estimate of drug-likeness (QED) is 0.516. The molecule has 0 amide bonds. The van der Waals surface area contributed by atoms with E-state index in [1.54, 1.807) is 10.5 Å². The van der Waals surface area contributed by atoms with Gasteiger partial charge in [0.15, 0.2) is 0 Å². The Labute approximate surface area is 67.1 Å². The van der Waals surface area contributed by atoms with Crippen LogP contribution in [0.2, 0.25) is 0 Å². The Morgan fingerprint density at radius 2 is 2.30 bits per heavy atom. The van der Waals surface area contributed by atoms with Crippen molar-refractivity contribution in [2.75, 3.05) is 5.75 Å². The van der Waals surface area contributed by atoms with Gasteiger partial charge in [-0.05, 0) is 37.0 Å². The van der Waals surface area contributed by atoms with E-state index in [-0.39, 0.29) is 0 Å². The van der Waals surface area contributed by atoms with Gasteiger partial charge < -0.3 is 0 Å². The third-order valence-electron chi connectivity index (χ3n) is 2.69. The Morgan fingerprint density at radius 3 is 3.10 bits per heavy atom. The maximum absolute atomic E-state index is 2.30. The van der Waals surface area contributed by atoms with Gasteiger partial charge in [0.25, 0.3) is 0 Å². The average molecular weight is 154 g/mol. The topological polar surface area (TPSA) is 0 Å². The summed E-state index contributed by atoms with van der Waals surface area (Å²) in [4.78, 5) is 1.64. The summed E-state index contributed by atoms with van der Waals surface area (Å²) in [5, 5.41) is 0. The van der Waals surface area contributed by atoms with Crippen molar-refractivity contribution in [3.63, 3.8) is 0 Å². The smallest absolute Gasteiger partial charge is 0.00428 e. The van der Waals surface area contributed by atoms with E-state index >= 15 is 0 Å². The molecule has 10 heavy (non-hydrogen) atoms. The molecular formula is C9H14S. The van der Waals surface area contributed by atoms with Gasteiger partial charge in [-0.2, -0.15) is 0 Å². The molecule has 0 nitrogen and oxygen atoms in total. The van der Waals surface area contributed by atoms with Gasteiger partial charge in [-0.3, -0.25) is 0 Å². The molecule has 1 heterocycles. The van der Waals surface area contributed by atoms with Crippen molar-refractivity contribution in [3.05, 3.63) is 10.5 Å². The van der Waals surface area contributed by atoms with Gasteiger partial charge in [-0.25, -0.2) is 0 Å². The highest BCUT2D eigenvalue weighted by Crippen LogP contribution is 2.43. The predicted molar refractivity (Wildman–Crippen MR) is 47.1 cm³/mol. The first-order chi connectivity index (χ1) is 4.88. The Balaban J connectivity index is 2.18. The Kier molecular flexibility index (Phi) is 1.77. The third kappa shape index (κ3) is 1.01. The molecule has 0 aromatic heterocycles. The third-order valence-corrected chi connectivity index (χ3v) is 3.96. The molecule has 56 valence electrons. The zero-order chi connectivity index (χ0) is 6.97. The first-order valence-corrected chi connectivity index (χ1v) is 5.19. The molecule has 1 unspecified atom stereocenters. The zero-order valence-corrected chi connectivity index (χ0v) is 7.34. The summed E-state index contributed by atoms with van der Waals surface area (Å²) in [7, 11) is 0. The van der Waals surface area contributed by atoms with Crippen molar-refractivity contribution in [3.8, 4) is 0 Å². The van der Waals surface area contributed by atoms with Crippen molar-refractivity contribution in [1.29, 1.82) is 0 Å². The lowest BCUT2D eigenvalue weighted by Gasteiger charge is -2.19. The van der Waals surface area contributed by atoms with Crippen LogP contribution in [0.1, 0.15) is 32.6 Å². The molecule has 2 aliphatic rings. The molecule has 0 saturated heterocycles. The number of allylic oxidation sites excluding steroid dienone is 2. The summed E-state index contributed by atoms with van der Waals surface area (Å²) in [6.07, 6.45) is 5.80. The largest absolute Gasteiger partial charge is 0.130 e. The molecule has 2 rings (SSSR count). The number of hydrogen-bond donors (Lipinski definition) is 0. The summed E-state index contributed by atoms with van der Waals surface area (Å²) in [6, 6.07) is 0. The second kappa shape index (κ2) is 2.61. The van der Waals surface area contributed by atoms with E-state index in [4.69, 9.17) is 0 Å². The van der Waals surface area contributed by atoms with Crippen LogP contribution < -0.4 is 0 Å². The predicted octanol–water partition coefficient (Wildman–Crippen LogP) is 3.20.